The SMILES string of the molecule is COc1nn([C@@H](C)C(=O)NN=Cc2cccc3ccccc23)cc1[N+](=O)[O-]. The first-order chi connectivity index (χ1) is 13.0. The molecule has 0 aliphatic carbocycles. The fourth-order valence-electron chi connectivity index (χ4n) is 2.58. The molecule has 0 radical (unpaired) electrons. The van der Waals surface area contributed by atoms with Crippen molar-refractivity contribution in [1.29, 1.82) is 0 Å². The zero-order valence-electron chi connectivity index (χ0n) is 14.7. The van der Waals surface area contributed by atoms with Crippen LogP contribution >= 0.6 is 0 Å². The van der Waals surface area contributed by atoms with Crippen molar-refractivity contribution in [3.63, 3.8) is 0 Å². The summed E-state index contributed by atoms with van der Waals surface area (Å²) in [5.41, 5.74) is 2.98. The molecular formula is C18H17N5O4. The first-order valence-corrected chi connectivity index (χ1v) is 8.09. The zero-order chi connectivity index (χ0) is 19.4. The highest BCUT2D eigenvalue weighted by Gasteiger charge is 2.25. The Kier molecular flexibility index (Phi) is 5.11. The second kappa shape index (κ2) is 7.65. The van der Waals surface area contributed by atoms with Crippen molar-refractivity contribution < 1.29 is 14.5 Å². The monoisotopic (exact) mass is 367 g/mol. The molecule has 0 spiro atoms. The number of nitro groups is 1. The Balaban J connectivity index is 1.73. The highest BCUT2D eigenvalue weighted by Crippen LogP contribution is 2.25. The van der Waals surface area contributed by atoms with Crippen molar-refractivity contribution in [3.05, 3.63) is 64.3 Å². The lowest BCUT2D eigenvalue weighted by Gasteiger charge is -2.09. The van der Waals surface area contributed by atoms with Gasteiger partial charge in [-0.15, -0.1) is 5.10 Å². The van der Waals surface area contributed by atoms with Crippen molar-refractivity contribution in [3.8, 4) is 5.88 Å². The number of hydrogen-bond acceptors (Lipinski definition) is 6. The van der Waals surface area contributed by atoms with E-state index in [1.165, 1.54) is 11.8 Å². The summed E-state index contributed by atoms with van der Waals surface area (Å²) in [6.07, 6.45) is 2.70. The molecule has 1 atom stereocenters. The quantitative estimate of drug-likeness (QED) is 0.409. The highest BCUT2D eigenvalue weighted by molar-refractivity contribution is 6.00. The van der Waals surface area contributed by atoms with Gasteiger partial charge in [-0.1, -0.05) is 42.5 Å². The van der Waals surface area contributed by atoms with Crippen molar-refractivity contribution >= 4 is 28.6 Å². The summed E-state index contributed by atoms with van der Waals surface area (Å²) in [6.45, 7) is 1.55. The minimum atomic E-state index is -0.808. The molecule has 0 bridgehead atoms. The van der Waals surface area contributed by atoms with Gasteiger partial charge in [0, 0.05) is 5.56 Å². The van der Waals surface area contributed by atoms with Gasteiger partial charge in [0.2, 0.25) is 0 Å². The molecule has 0 saturated carbocycles. The van der Waals surface area contributed by atoms with E-state index >= 15 is 0 Å². The molecule has 0 saturated heterocycles. The number of amides is 1. The van der Waals surface area contributed by atoms with E-state index in [1.807, 2.05) is 42.5 Å². The van der Waals surface area contributed by atoms with E-state index in [1.54, 1.807) is 13.1 Å². The van der Waals surface area contributed by atoms with Crippen molar-refractivity contribution in [2.24, 2.45) is 5.10 Å². The third kappa shape index (κ3) is 3.76. The van der Waals surface area contributed by atoms with E-state index in [-0.39, 0.29) is 11.6 Å². The smallest absolute Gasteiger partial charge is 0.350 e. The van der Waals surface area contributed by atoms with Gasteiger partial charge in [-0.05, 0) is 17.7 Å². The minimum Gasteiger partial charge on any atom is -0.475 e. The number of rotatable bonds is 6. The molecule has 3 rings (SSSR count). The van der Waals surface area contributed by atoms with Gasteiger partial charge in [0.15, 0.2) is 0 Å². The summed E-state index contributed by atoms with van der Waals surface area (Å²) in [7, 11) is 1.28. The topological polar surface area (TPSA) is 112 Å². The number of hydrazone groups is 1. The molecule has 9 heteroatoms. The second-order valence-electron chi connectivity index (χ2n) is 5.74. The van der Waals surface area contributed by atoms with Gasteiger partial charge in [-0.2, -0.15) is 5.10 Å². The Morgan fingerprint density at radius 2 is 2.07 bits per heavy atom. The van der Waals surface area contributed by atoms with Crippen LogP contribution in [0, 0.1) is 10.1 Å². The lowest BCUT2D eigenvalue weighted by atomic mass is 10.1. The molecule has 138 valence electrons. The van der Waals surface area contributed by atoms with E-state index in [9.17, 15) is 14.9 Å². The number of nitrogens with one attached hydrogen (secondary N) is 1. The number of methoxy groups -OCH3 is 1. The molecule has 1 aromatic heterocycles. The maximum absolute atomic E-state index is 12.3. The normalized spacial score (nSPS) is 12.2. The summed E-state index contributed by atoms with van der Waals surface area (Å²) in [4.78, 5) is 22.6. The largest absolute Gasteiger partial charge is 0.475 e. The first-order valence-electron chi connectivity index (χ1n) is 8.09. The van der Waals surface area contributed by atoms with Crippen molar-refractivity contribution in [1.82, 2.24) is 15.2 Å². The lowest BCUT2D eigenvalue weighted by molar-refractivity contribution is -0.385. The second-order valence-corrected chi connectivity index (χ2v) is 5.74. The predicted molar refractivity (Wildman–Crippen MR) is 99.8 cm³/mol. The molecule has 0 aliphatic heterocycles. The first kappa shape index (κ1) is 18.1. The van der Waals surface area contributed by atoms with Crippen LogP contribution in [0.3, 0.4) is 0 Å². The summed E-state index contributed by atoms with van der Waals surface area (Å²) < 4.78 is 6.03. The maximum Gasteiger partial charge on any atom is 0.350 e. The number of hydrogen-bond donors (Lipinski definition) is 1. The number of aromatic nitrogens is 2. The molecule has 27 heavy (non-hydrogen) atoms. The van der Waals surface area contributed by atoms with Crippen LogP contribution in [0.15, 0.2) is 53.8 Å². The van der Waals surface area contributed by atoms with Crippen LogP contribution in [0.1, 0.15) is 18.5 Å². The lowest BCUT2D eigenvalue weighted by Crippen LogP contribution is -2.27. The number of carbonyl (C=O) groups excluding carboxylic acids is 1. The van der Waals surface area contributed by atoms with Crippen LogP contribution in [0.5, 0.6) is 5.88 Å². The van der Waals surface area contributed by atoms with Crippen LogP contribution in [0.25, 0.3) is 10.8 Å². The number of benzene rings is 2. The van der Waals surface area contributed by atoms with E-state index in [2.05, 4.69) is 15.6 Å². The van der Waals surface area contributed by atoms with E-state index in [0.29, 0.717) is 0 Å². The molecule has 0 aliphatic rings. The average molecular weight is 367 g/mol. The van der Waals surface area contributed by atoms with Gasteiger partial charge >= 0.3 is 11.6 Å². The maximum atomic E-state index is 12.3. The molecule has 2 aromatic carbocycles. The van der Waals surface area contributed by atoms with Gasteiger partial charge in [-0.3, -0.25) is 14.9 Å². The number of fused-ring (bicyclic) bond motifs is 1. The van der Waals surface area contributed by atoms with Gasteiger partial charge in [0.05, 0.1) is 18.2 Å². The predicted octanol–water partition coefficient (Wildman–Crippen LogP) is 2.66. The molecule has 1 N–H and O–H groups in total. The number of ether oxygens (including phenoxy) is 1. The standard InChI is InChI=1S/C18H17N5O4/c1-12(22-11-16(23(25)26)18(21-22)27-2)17(24)20-19-10-14-8-5-7-13-6-3-4-9-15(13)14/h3-12H,1-2H3,(H,20,24)/t12-/m0/s1. The summed E-state index contributed by atoms with van der Waals surface area (Å²) in [5.74, 6) is -0.620. The van der Waals surface area contributed by atoms with Crippen molar-refractivity contribution in [2.75, 3.05) is 7.11 Å². The van der Waals surface area contributed by atoms with Crippen LogP contribution in [0.2, 0.25) is 0 Å². The third-order valence-corrected chi connectivity index (χ3v) is 4.05. The summed E-state index contributed by atoms with van der Waals surface area (Å²) >= 11 is 0. The van der Waals surface area contributed by atoms with Crippen LogP contribution < -0.4 is 10.2 Å². The number of carbonyl (C=O) groups is 1. The van der Waals surface area contributed by atoms with Gasteiger partial charge < -0.3 is 4.74 Å². The zero-order valence-corrected chi connectivity index (χ0v) is 14.7. The van der Waals surface area contributed by atoms with Gasteiger partial charge in [0.25, 0.3) is 5.91 Å². The van der Waals surface area contributed by atoms with Crippen LogP contribution in [-0.2, 0) is 4.79 Å². The van der Waals surface area contributed by atoms with Crippen LogP contribution in [0.4, 0.5) is 5.69 Å². The van der Waals surface area contributed by atoms with E-state index in [4.69, 9.17) is 4.74 Å². The molecule has 1 amide bonds. The van der Waals surface area contributed by atoms with Gasteiger partial charge in [0.1, 0.15) is 12.2 Å². The fourth-order valence-corrected chi connectivity index (χ4v) is 2.58. The Morgan fingerprint density at radius 3 is 2.78 bits per heavy atom. The van der Waals surface area contributed by atoms with E-state index in [0.717, 1.165) is 22.5 Å². The highest BCUT2D eigenvalue weighted by atomic mass is 16.6. The Bertz CT molecular complexity index is 1020. The number of nitrogens with zero attached hydrogens (tertiary/aromatic N) is 4. The Hall–Kier alpha value is -3.75. The molecule has 0 unspecified atom stereocenters. The Morgan fingerprint density at radius 1 is 1.33 bits per heavy atom. The molecule has 3 aromatic rings. The average Bonchev–Trinajstić information content (AvgIpc) is 3.12. The molecule has 0 fully saturated rings. The minimum absolute atomic E-state index is 0.154. The molecule has 9 nitrogen and oxygen atoms in total. The summed E-state index contributed by atoms with van der Waals surface area (Å²) in [6, 6.07) is 12.8. The Labute approximate surface area is 154 Å². The molecular weight excluding hydrogens is 350 g/mol. The summed E-state index contributed by atoms with van der Waals surface area (Å²) in [5, 5.41) is 21.0. The van der Waals surface area contributed by atoms with Crippen LogP contribution in [-0.4, -0.2) is 33.9 Å². The van der Waals surface area contributed by atoms with E-state index < -0.39 is 16.9 Å². The molecule has 1 heterocycles. The van der Waals surface area contributed by atoms with Gasteiger partial charge in [-0.25, -0.2) is 10.1 Å². The third-order valence-electron chi connectivity index (χ3n) is 4.05. The van der Waals surface area contributed by atoms with Crippen molar-refractivity contribution in [2.45, 2.75) is 13.0 Å². The fraction of sp³-hybridized carbons (Fsp3) is 0.167.